The first-order chi connectivity index (χ1) is 8.43. The zero-order valence-corrected chi connectivity index (χ0v) is 11.4. The molecule has 1 unspecified atom stereocenters. The molecule has 2 nitrogen and oxygen atoms in total. The molecule has 18 heavy (non-hydrogen) atoms. The molecule has 1 N–H and O–H groups in total. The van der Waals surface area contributed by atoms with Crippen molar-refractivity contribution < 1.29 is 17.9 Å². The summed E-state index contributed by atoms with van der Waals surface area (Å²) in [4.78, 5) is 0. The van der Waals surface area contributed by atoms with Crippen LogP contribution in [0, 0.1) is 0 Å². The van der Waals surface area contributed by atoms with E-state index in [4.69, 9.17) is 4.74 Å². The summed E-state index contributed by atoms with van der Waals surface area (Å²) >= 11 is 3.14. The van der Waals surface area contributed by atoms with Gasteiger partial charge in [0.15, 0.2) is 0 Å². The minimum atomic E-state index is -4.41. The van der Waals surface area contributed by atoms with Crippen molar-refractivity contribution in [3.63, 3.8) is 0 Å². The Bertz CT molecular complexity index is 442. The Morgan fingerprint density at radius 1 is 1.39 bits per heavy atom. The molecule has 1 saturated heterocycles. The molecule has 1 aromatic carbocycles. The molecular formula is C12H13BrF3NO. The number of alkyl halides is 3. The number of benzene rings is 1. The summed E-state index contributed by atoms with van der Waals surface area (Å²) in [6, 6.07) is 2.77. The number of hydrogen-bond donors (Lipinski definition) is 1. The van der Waals surface area contributed by atoms with Gasteiger partial charge < -0.3 is 10.1 Å². The van der Waals surface area contributed by atoms with Crippen LogP contribution >= 0.6 is 15.9 Å². The maximum atomic E-state index is 13.0. The molecule has 1 fully saturated rings. The fourth-order valence-electron chi connectivity index (χ4n) is 2.28. The average molecular weight is 324 g/mol. The van der Waals surface area contributed by atoms with Crippen molar-refractivity contribution in [1.82, 2.24) is 5.32 Å². The third-order valence-corrected chi connectivity index (χ3v) is 3.55. The van der Waals surface area contributed by atoms with Gasteiger partial charge in [-0.25, -0.2) is 0 Å². The summed E-state index contributed by atoms with van der Waals surface area (Å²) in [5.74, 6) is 0.0120. The molecule has 1 aliphatic heterocycles. The van der Waals surface area contributed by atoms with Gasteiger partial charge in [-0.2, -0.15) is 13.2 Å². The van der Waals surface area contributed by atoms with E-state index < -0.39 is 11.7 Å². The molecule has 1 heterocycles. The van der Waals surface area contributed by atoms with Crippen LogP contribution < -0.4 is 10.1 Å². The smallest absolute Gasteiger partial charge is 0.420 e. The minimum absolute atomic E-state index is 0.0561. The average Bonchev–Trinajstić information content (AvgIpc) is 2.80. The van der Waals surface area contributed by atoms with Crippen molar-refractivity contribution >= 4 is 15.9 Å². The van der Waals surface area contributed by atoms with Gasteiger partial charge in [0.2, 0.25) is 0 Å². The normalized spacial score (nSPS) is 20.2. The first-order valence-corrected chi connectivity index (χ1v) is 6.38. The first-order valence-electron chi connectivity index (χ1n) is 5.59. The maximum Gasteiger partial charge on any atom is 0.420 e. The molecule has 0 aliphatic carbocycles. The molecule has 2 rings (SSSR count). The zero-order valence-electron chi connectivity index (χ0n) is 9.77. The van der Waals surface area contributed by atoms with Gasteiger partial charge in [0.25, 0.3) is 0 Å². The van der Waals surface area contributed by atoms with Crippen molar-refractivity contribution in [2.75, 3.05) is 20.2 Å². The van der Waals surface area contributed by atoms with Gasteiger partial charge >= 0.3 is 6.18 Å². The van der Waals surface area contributed by atoms with Gasteiger partial charge in [0.05, 0.1) is 12.7 Å². The number of nitrogens with one attached hydrogen (secondary N) is 1. The summed E-state index contributed by atoms with van der Waals surface area (Å²) in [5.41, 5.74) is -0.106. The molecular weight excluding hydrogens is 311 g/mol. The number of hydrogen-bond acceptors (Lipinski definition) is 2. The number of halogens is 4. The van der Waals surface area contributed by atoms with Gasteiger partial charge in [-0.15, -0.1) is 0 Å². The van der Waals surface area contributed by atoms with Gasteiger partial charge in [0, 0.05) is 22.5 Å². The van der Waals surface area contributed by atoms with Crippen LogP contribution in [0.25, 0.3) is 0 Å². The largest absolute Gasteiger partial charge is 0.496 e. The molecule has 0 aromatic heterocycles. The Morgan fingerprint density at radius 3 is 2.61 bits per heavy atom. The quantitative estimate of drug-likeness (QED) is 0.898. The lowest BCUT2D eigenvalue weighted by atomic mass is 9.95. The van der Waals surface area contributed by atoms with Crippen LogP contribution in [-0.4, -0.2) is 20.2 Å². The second-order valence-corrected chi connectivity index (χ2v) is 5.18. The SMILES string of the molecule is COc1c(C2CCNC2)cc(Br)cc1C(F)(F)F. The van der Waals surface area contributed by atoms with Crippen molar-refractivity contribution in [2.45, 2.75) is 18.5 Å². The highest BCUT2D eigenvalue weighted by atomic mass is 79.9. The molecule has 0 saturated carbocycles. The Kier molecular flexibility index (Phi) is 3.87. The standard InChI is InChI=1S/C12H13BrF3NO/c1-18-11-9(7-2-3-17-6-7)4-8(13)5-10(11)12(14,15)16/h4-5,7,17H,2-3,6H2,1H3. The zero-order chi connectivity index (χ0) is 13.3. The number of rotatable bonds is 2. The van der Waals surface area contributed by atoms with Gasteiger partial charge in [-0.3, -0.25) is 0 Å². The Hall–Kier alpha value is -0.750. The van der Waals surface area contributed by atoms with E-state index in [1.807, 2.05) is 0 Å². The van der Waals surface area contributed by atoms with Crippen LogP contribution in [-0.2, 0) is 6.18 Å². The number of ether oxygens (including phenoxy) is 1. The molecule has 0 amide bonds. The highest BCUT2D eigenvalue weighted by Gasteiger charge is 2.37. The van der Waals surface area contributed by atoms with Crippen LogP contribution in [0.3, 0.4) is 0 Å². The molecule has 1 aliphatic rings. The lowest BCUT2D eigenvalue weighted by Crippen LogP contribution is -2.13. The molecule has 0 radical (unpaired) electrons. The van der Waals surface area contributed by atoms with Gasteiger partial charge in [0.1, 0.15) is 5.75 Å². The van der Waals surface area contributed by atoms with Crippen LogP contribution in [0.15, 0.2) is 16.6 Å². The number of methoxy groups -OCH3 is 1. The molecule has 6 heteroatoms. The topological polar surface area (TPSA) is 21.3 Å². The second kappa shape index (κ2) is 5.09. The highest BCUT2D eigenvalue weighted by molar-refractivity contribution is 9.10. The molecule has 100 valence electrons. The molecule has 1 aromatic rings. The summed E-state index contributed by atoms with van der Waals surface area (Å²) in [5, 5.41) is 3.15. The van der Waals surface area contributed by atoms with E-state index in [9.17, 15) is 13.2 Å². The van der Waals surface area contributed by atoms with Gasteiger partial charge in [-0.05, 0) is 25.1 Å². The third-order valence-electron chi connectivity index (χ3n) is 3.09. The fourth-order valence-corrected chi connectivity index (χ4v) is 2.75. The van der Waals surface area contributed by atoms with Crippen LogP contribution in [0.2, 0.25) is 0 Å². The predicted octanol–water partition coefficient (Wildman–Crippen LogP) is 3.55. The molecule has 0 spiro atoms. The van der Waals surface area contributed by atoms with Crippen LogP contribution in [0.4, 0.5) is 13.2 Å². The lowest BCUT2D eigenvalue weighted by Gasteiger charge is -2.19. The van der Waals surface area contributed by atoms with E-state index in [1.54, 1.807) is 6.07 Å². The van der Waals surface area contributed by atoms with Crippen molar-refractivity contribution in [3.05, 3.63) is 27.7 Å². The second-order valence-electron chi connectivity index (χ2n) is 4.26. The summed E-state index contributed by atoms with van der Waals surface area (Å²) < 4.78 is 44.3. The first kappa shape index (κ1) is 13.7. The van der Waals surface area contributed by atoms with E-state index in [0.29, 0.717) is 16.6 Å². The highest BCUT2D eigenvalue weighted by Crippen LogP contribution is 2.43. The van der Waals surface area contributed by atoms with E-state index >= 15 is 0 Å². The Morgan fingerprint density at radius 2 is 2.11 bits per heavy atom. The van der Waals surface area contributed by atoms with E-state index in [1.165, 1.54) is 7.11 Å². The summed E-state index contributed by atoms with van der Waals surface area (Å²) in [6.07, 6.45) is -3.58. The summed E-state index contributed by atoms with van der Waals surface area (Å²) in [6.45, 7) is 1.51. The van der Waals surface area contributed by atoms with E-state index in [0.717, 1.165) is 19.0 Å². The van der Waals surface area contributed by atoms with E-state index in [-0.39, 0.29) is 11.7 Å². The third kappa shape index (κ3) is 2.64. The monoisotopic (exact) mass is 323 g/mol. The Labute approximate surface area is 112 Å². The lowest BCUT2D eigenvalue weighted by molar-refractivity contribution is -0.138. The van der Waals surface area contributed by atoms with Crippen molar-refractivity contribution in [2.24, 2.45) is 0 Å². The van der Waals surface area contributed by atoms with Gasteiger partial charge in [-0.1, -0.05) is 15.9 Å². The summed E-state index contributed by atoms with van der Waals surface area (Å²) in [7, 11) is 1.28. The minimum Gasteiger partial charge on any atom is -0.496 e. The molecule has 1 atom stereocenters. The van der Waals surface area contributed by atoms with Crippen LogP contribution in [0.1, 0.15) is 23.5 Å². The van der Waals surface area contributed by atoms with Crippen molar-refractivity contribution in [1.29, 1.82) is 0 Å². The van der Waals surface area contributed by atoms with E-state index in [2.05, 4.69) is 21.2 Å². The predicted molar refractivity (Wildman–Crippen MR) is 65.9 cm³/mol. The fraction of sp³-hybridized carbons (Fsp3) is 0.500. The maximum absolute atomic E-state index is 13.0. The molecule has 0 bridgehead atoms. The van der Waals surface area contributed by atoms with Crippen molar-refractivity contribution in [3.8, 4) is 5.75 Å². The van der Waals surface area contributed by atoms with Crippen LogP contribution in [0.5, 0.6) is 5.75 Å². The Balaban J connectivity index is 2.54.